The van der Waals surface area contributed by atoms with Gasteiger partial charge in [0.1, 0.15) is 24.4 Å². The van der Waals surface area contributed by atoms with Crippen molar-refractivity contribution >= 4 is 41.6 Å². The number of rotatable bonds is 13. The Kier molecular flexibility index (Phi) is 9.88. The lowest BCUT2D eigenvalue weighted by atomic mass is 9.98. The summed E-state index contributed by atoms with van der Waals surface area (Å²) in [6.45, 7) is -0.237. The minimum absolute atomic E-state index is 0.00518. The van der Waals surface area contributed by atoms with Crippen LogP contribution in [0.2, 0.25) is 0 Å². The Bertz CT molecular complexity index is 1850. The molecule has 3 aromatic rings. The summed E-state index contributed by atoms with van der Waals surface area (Å²) < 4.78 is 11.0. The standard InChI is InChI=1S/C36H34N4O10/c41-29-16-15-27(32(43)39-29)40-33(44)24-12-7-14-28(31(24)34(40)45)49-19-30(42)37-17-6-5-13-26(35(46)47)38-36(48)50-18-25-22-10-3-1-8-20(22)21-9-2-4-11-23(21)25/h1-4,7-12,14,25-27H,5-6,13,15-19H2,(H,37,42)(H,38,48)(H,46,47)(H,39,41,43). The fourth-order valence-electron chi connectivity index (χ4n) is 6.54. The number of piperidine rings is 1. The molecule has 3 aliphatic rings. The zero-order valence-electron chi connectivity index (χ0n) is 26.8. The minimum Gasteiger partial charge on any atom is -0.483 e. The van der Waals surface area contributed by atoms with Gasteiger partial charge in [0.05, 0.1) is 11.1 Å². The van der Waals surface area contributed by atoms with E-state index in [9.17, 15) is 38.7 Å². The SMILES string of the molecule is O=C(COc1cccc2c1C(=O)N(C1CCC(=O)NC1=O)C2=O)NCCCCC(NC(=O)OCC1c2ccccc2-c2ccccc21)C(=O)O. The maximum atomic E-state index is 13.2. The normalized spacial score (nSPS) is 17.0. The molecule has 0 aromatic heterocycles. The van der Waals surface area contributed by atoms with Crippen LogP contribution in [-0.4, -0.2) is 83.4 Å². The first-order valence-electron chi connectivity index (χ1n) is 16.2. The van der Waals surface area contributed by atoms with E-state index in [1.165, 1.54) is 18.2 Å². The number of ether oxygens (including phenoxy) is 2. The van der Waals surface area contributed by atoms with Gasteiger partial charge in [-0.15, -0.1) is 0 Å². The molecule has 14 heteroatoms. The fraction of sp³-hybridized carbons (Fsp3) is 0.306. The number of fused-ring (bicyclic) bond motifs is 4. The molecular weight excluding hydrogens is 648 g/mol. The molecule has 6 amide bonds. The maximum Gasteiger partial charge on any atom is 0.407 e. The zero-order valence-corrected chi connectivity index (χ0v) is 26.8. The highest BCUT2D eigenvalue weighted by molar-refractivity contribution is 6.24. The van der Waals surface area contributed by atoms with E-state index in [0.29, 0.717) is 12.8 Å². The van der Waals surface area contributed by atoms with E-state index in [2.05, 4.69) is 16.0 Å². The predicted molar refractivity (Wildman–Crippen MR) is 175 cm³/mol. The lowest BCUT2D eigenvalue weighted by Crippen LogP contribution is -2.54. The Balaban J connectivity index is 0.931. The highest BCUT2D eigenvalue weighted by Crippen LogP contribution is 2.44. The first-order valence-corrected chi connectivity index (χ1v) is 16.2. The lowest BCUT2D eigenvalue weighted by Gasteiger charge is -2.27. The molecule has 0 saturated carbocycles. The van der Waals surface area contributed by atoms with E-state index >= 15 is 0 Å². The second-order valence-corrected chi connectivity index (χ2v) is 12.1. The van der Waals surface area contributed by atoms with Crippen molar-refractivity contribution in [2.24, 2.45) is 0 Å². The maximum absolute atomic E-state index is 13.2. The van der Waals surface area contributed by atoms with E-state index < -0.39 is 60.3 Å². The Morgan fingerprint density at radius 2 is 1.56 bits per heavy atom. The molecule has 258 valence electrons. The van der Waals surface area contributed by atoms with Gasteiger partial charge in [-0.3, -0.25) is 34.2 Å². The number of carboxylic acids is 1. The van der Waals surface area contributed by atoms with Crippen LogP contribution in [0.15, 0.2) is 66.7 Å². The summed E-state index contributed by atoms with van der Waals surface area (Å²) >= 11 is 0. The summed E-state index contributed by atoms with van der Waals surface area (Å²) in [6.07, 6.45) is 0.0175. The van der Waals surface area contributed by atoms with Crippen LogP contribution >= 0.6 is 0 Å². The van der Waals surface area contributed by atoms with Crippen LogP contribution < -0.4 is 20.7 Å². The van der Waals surface area contributed by atoms with Crippen LogP contribution in [0, 0.1) is 0 Å². The van der Waals surface area contributed by atoms with Crippen molar-refractivity contribution in [1.29, 1.82) is 0 Å². The van der Waals surface area contributed by atoms with Crippen LogP contribution in [0.5, 0.6) is 5.75 Å². The molecule has 6 rings (SSSR count). The monoisotopic (exact) mass is 682 g/mol. The molecule has 0 bridgehead atoms. The van der Waals surface area contributed by atoms with Gasteiger partial charge in [0.15, 0.2) is 6.61 Å². The number of alkyl carbamates (subject to hydrolysis) is 1. The first-order chi connectivity index (χ1) is 24.1. The molecule has 4 N–H and O–H groups in total. The quantitative estimate of drug-likeness (QED) is 0.154. The van der Waals surface area contributed by atoms with Crippen molar-refractivity contribution in [3.8, 4) is 16.9 Å². The first kappa shape index (κ1) is 33.8. The largest absolute Gasteiger partial charge is 0.483 e. The fourth-order valence-corrected chi connectivity index (χ4v) is 6.54. The number of nitrogens with zero attached hydrogens (tertiary/aromatic N) is 1. The van der Waals surface area contributed by atoms with Crippen molar-refractivity contribution in [2.75, 3.05) is 19.8 Å². The van der Waals surface area contributed by atoms with E-state index in [1.54, 1.807) is 0 Å². The lowest BCUT2D eigenvalue weighted by molar-refractivity contribution is -0.140. The molecule has 2 atom stereocenters. The number of carboxylic acid groups (broad SMARTS) is 1. The van der Waals surface area contributed by atoms with Gasteiger partial charge in [0.2, 0.25) is 11.8 Å². The van der Waals surface area contributed by atoms with Gasteiger partial charge in [0, 0.05) is 18.9 Å². The topological polar surface area (TPSA) is 198 Å². The summed E-state index contributed by atoms with van der Waals surface area (Å²) in [5.41, 5.74) is 4.18. The highest BCUT2D eigenvalue weighted by Gasteiger charge is 2.46. The van der Waals surface area contributed by atoms with E-state index in [4.69, 9.17) is 9.47 Å². The Morgan fingerprint density at radius 1 is 0.880 bits per heavy atom. The van der Waals surface area contributed by atoms with Crippen molar-refractivity contribution in [3.63, 3.8) is 0 Å². The third-order valence-electron chi connectivity index (χ3n) is 8.96. The number of carbonyl (C=O) groups is 7. The number of hydrogen-bond acceptors (Lipinski definition) is 9. The van der Waals surface area contributed by atoms with Gasteiger partial charge in [-0.1, -0.05) is 54.6 Å². The molecule has 3 aromatic carbocycles. The van der Waals surface area contributed by atoms with Gasteiger partial charge in [0.25, 0.3) is 17.7 Å². The molecule has 1 saturated heterocycles. The van der Waals surface area contributed by atoms with Crippen molar-refractivity contribution in [1.82, 2.24) is 20.9 Å². The van der Waals surface area contributed by atoms with Crippen LogP contribution in [0.25, 0.3) is 11.1 Å². The van der Waals surface area contributed by atoms with Crippen LogP contribution in [0.1, 0.15) is 69.9 Å². The Labute approximate surface area is 286 Å². The number of hydrogen-bond donors (Lipinski definition) is 4. The van der Waals surface area contributed by atoms with Gasteiger partial charge >= 0.3 is 12.1 Å². The molecule has 2 unspecified atom stereocenters. The third kappa shape index (κ3) is 6.90. The summed E-state index contributed by atoms with van der Waals surface area (Å²) in [4.78, 5) is 87.7. The molecule has 50 heavy (non-hydrogen) atoms. The zero-order chi connectivity index (χ0) is 35.4. The van der Waals surface area contributed by atoms with E-state index in [1.807, 2.05) is 48.5 Å². The predicted octanol–water partition coefficient (Wildman–Crippen LogP) is 2.75. The number of carbonyl (C=O) groups excluding carboxylic acids is 6. The van der Waals surface area contributed by atoms with Gasteiger partial charge in [-0.05, 0) is 60.1 Å². The molecule has 0 radical (unpaired) electrons. The Hall–Kier alpha value is -6.05. The van der Waals surface area contributed by atoms with Crippen LogP contribution in [-0.2, 0) is 23.9 Å². The highest BCUT2D eigenvalue weighted by atomic mass is 16.5. The van der Waals surface area contributed by atoms with E-state index in [0.717, 1.165) is 27.2 Å². The second kappa shape index (κ2) is 14.6. The number of nitrogens with one attached hydrogen (secondary N) is 3. The minimum atomic E-state index is -1.21. The number of unbranched alkanes of at least 4 members (excludes halogenated alkanes) is 1. The van der Waals surface area contributed by atoms with Crippen molar-refractivity contribution < 1.29 is 48.1 Å². The average Bonchev–Trinajstić information content (AvgIpc) is 3.56. The van der Waals surface area contributed by atoms with Crippen LogP contribution in [0.4, 0.5) is 4.79 Å². The summed E-state index contributed by atoms with van der Waals surface area (Å²) in [7, 11) is 0. The summed E-state index contributed by atoms with van der Waals surface area (Å²) in [6, 6.07) is 17.8. The molecule has 2 heterocycles. The molecule has 1 fully saturated rings. The third-order valence-corrected chi connectivity index (χ3v) is 8.96. The van der Waals surface area contributed by atoms with E-state index in [-0.39, 0.29) is 55.2 Å². The summed E-state index contributed by atoms with van der Waals surface area (Å²) in [5.74, 6) is -4.57. The van der Waals surface area contributed by atoms with Crippen molar-refractivity contribution in [3.05, 3.63) is 89.0 Å². The number of benzene rings is 3. The van der Waals surface area contributed by atoms with Gasteiger partial charge in [-0.25, -0.2) is 9.59 Å². The number of amides is 6. The molecule has 0 spiro atoms. The second-order valence-electron chi connectivity index (χ2n) is 12.1. The summed E-state index contributed by atoms with van der Waals surface area (Å²) in [5, 5.41) is 16.9. The molecule has 2 aliphatic heterocycles. The average molecular weight is 683 g/mol. The number of imide groups is 2. The molecule has 1 aliphatic carbocycles. The smallest absolute Gasteiger partial charge is 0.407 e. The number of aliphatic carboxylic acids is 1. The Morgan fingerprint density at radius 3 is 2.24 bits per heavy atom. The van der Waals surface area contributed by atoms with Gasteiger partial charge in [-0.2, -0.15) is 0 Å². The van der Waals surface area contributed by atoms with Crippen molar-refractivity contribution in [2.45, 2.75) is 50.1 Å². The van der Waals surface area contributed by atoms with Gasteiger partial charge < -0.3 is 25.2 Å². The van der Waals surface area contributed by atoms with Crippen LogP contribution in [0.3, 0.4) is 0 Å². The molecule has 14 nitrogen and oxygen atoms in total. The molecular formula is C36H34N4O10.